The number of aryl methyl sites for hydroxylation is 1. The number of hydrogen-bond donors (Lipinski definition) is 1. The van der Waals surface area contributed by atoms with Crippen LogP contribution in [0.2, 0.25) is 0 Å². The van der Waals surface area contributed by atoms with E-state index in [0.29, 0.717) is 43.5 Å². The number of hydrogen-bond acceptors (Lipinski definition) is 6. The summed E-state index contributed by atoms with van der Waals surface area (Å²) in [7, 11) is 1.42. The van der Waals surface area contributed by atoms with E-state index < -0.39 is 0 Å². The molecule has 29 heavy (non-hydrogen) atoms. The number of thiocarbonyl (C=S) groups is 1. The molecule has 3 heterocycles. The maximum Gasteiger partial charge on any atom is 0.341 e. The van der Waals surface area contributed by atoms with E-state index in [1.54, 1.807) is 11.3 Å². The zero-order chi connectivity index (χ0) is 20.4. The van der Waals surface area contributed by atoms with Gasteiger partial charge >= 0.3 is 5.97 Å². The zero-order valence-electron chi connectivity index (χ0n) is 16.7. The van der Waals surface area contributed by atoms with Crippen molar-refractivity contribution in [2.75, 3.05) is 45.2 Å². The number of nitrogens with zero attached hydrogens (tertiary/aromatic N) is 2. The van der Waals surface area contributed by atoms with Crippen molar-refractivity contribution < 1.29 is 19.1 Å². The van der Waals surface area contributed by atoms with Gasteiger partial charge in [-0.15, -0.1) is 11.3 Å². The van der Waals surface area contributed by atoms with Crippen LogP contribution in [0, 0.1) is 0 Å². The van der Waals surface area contributed by atoms with Crippen LogP contribution in [-0.4, -0.2) is 72.8 Å². The van der Waals surface area contributed by atoms with Crippen molar-refractivity contribution in [2.24, 2.45) is 0 Å². The Hall–Kier alpha value is -1.71. The minimum Gasteiger partial charge on any atom is -0.465 e. The molecule has 0 spiro atoms. The number of anilines is 1. The molecule has 0 bridgehead atoms. The number of fused-ring (bicyclic) bond motifs is 1. The first-order valence-electron chi connectivity index (χ1n) is 10.3. The number of carbonyl (C=O) groups is 2. The first-order valence-corrected chi connectivity index (χ1v) is 11.5. The first-order chi connectivity index (χ1) is 14.1. The zero-order valence-corrected chi connectivity index (χ0v) is 18.3. The number of nitrogens with one attached hydrogen (secondary N) is 1. The SMILES string of the molecule is COC(=O)c1c(NC(=S)N2CCN(C(=O)C3CCCO3)CC2)sc2c1CCCC2. The highest BCUT2D eigenvalue weighted by Crippen LogP contribution is 2.38. The predicted molar refractivity (Wildman–Crippen MR) is 116 cm³/mol. The van der Waals surface area contributed by atoms with Crippen LogP contribution in [0.25, 0.3) is 0 Å². The molecule has 0 aromatic carbocycles. The molecule has 1 aromatic heterocycles. The van der Waals surface area contributed by atoms with Gasteiger partial charge in [-0.2, -0.15) is 0 Å². The standard InChI is InChI=1S/C20H27N3O4S2/c1-26-19(25)16-13-5-2-3-7-15(13)29-17(16)21-20(28)23-10-8-22(9-11-23)18(24)14-6-4-12-27-14/h14H,2-12H2,1H3,(H,21,28). The van der Waals surface area contributed by atoms with Crippen LogP contribution in [0.5, 0.6) is 0 Å². The number of carbonyl (C=O) groups excluding carboxylic acids is 2. The topological polar surface area (TPSA) is 71.1 Å². The Kier molecular flexibility index (Phi) is 6.36. The quantitative estimate of drug-likeness (QED) is 0.575. The monoisotopic (exact) mass is 437 g/mol. The fraction of sp³-hybridized carbons (Fsp3) is 0.650. The minimum absolute atomic E-state index is 0.0972. The molecule has 3 aliphatic rings. The molecular formula is C20H27N3O4S2. The van der Waals surface area contributed by atoms with Gasteiger partial charge in [0.2, 0.25) is 0 Å². The van der Waals surface area contributed by atoms with Gasteiger partial charge < -0.3 is 24.6 Å². The average Bonchev–Trinajstić information content (AvgIpc) is 3.40. The van der Waals surface area contributed by atoms with Crippen LogP contribution in [-0.2, 0) is 27.1 Å². The second-order valence-corrected chi connectivity index (χ2v) is 9.14. The minimum atomic E-state index is -0.304. The summed E-state index contributed by atoms with van der Waals surface area (Å²) in [6.45, 7) is 3.28. The van der Waals surface area contributed by atoms with E-state index in [2.05, 4.69) is 10.2 Å². The van der Waals surface area contributed by atoms with E-state index in [1.165, 1.54) is 12.0 Å². The highest BCUT2D eigenvalue weighted by molar-refractivity contribution is 7.80. The normalized spacial score (nSPS) is 21.6. The lowest BCUT2D eigenvalue weighted by Crippen LogP contribution is -2.53. The molecule has 158 valence electrons. The lowest BCUT2D eigenvalue weighted by molar-refractivity contribution is -0.142. The summed E-state index contributed by atoms with van der Waals surface area (Å²) in [5.41, 5.74) is 1.76. The second-order valence-electron chi connectivity index (χ2n) is 7.65. The van der Waals surface area contributed by atoms with Gasteiger partial charge in [-0.1, -0.05) is 0 Å². The molecule has 1 unspecified atom stereocenters. The number of esters is 1. The van der Waals surface area contributed by atoms with Gasteiger partial charge in [0, 0.05) is 37.7 Å². The fourth-order valence-corrected chi connectivity index (χ4v) is 5.88. The van der Waals surface area contributed by atoms with E-state index >= 15 is 0 Å². The largest absolute Gasteiger partial charge is 0.465 e. The number of thiophene rings is 1. The highest BCUT2D eigenvalue weighted by Gasteiger charge is 2.32. The van der Waals surface area contributed by atoms with E-state index in [9.17, 15) is 9.59 Å². The molecule has 1 N–H and O–H groups in total. The highest BCUT2D eigenvalue weighted by atomic mass is 32.1. The van der Waals surface area contributed by atoms with Crippen LogP contribution in [0.3, 0.4) is 0 Å². The fourth-order valence-electron chi connectivity index (χ4n) is 4.25. The molecule has 4 rings (SSSR count). The van der Waals surface area contributed by atoms with Gasteiger partial charge in [-0.05, 0) is 56.3 Å². The number of methoxy groups -OCH3 is 1. The third-order valence-electron chi connectivity index (χ3n) is 5.86. The van der Waals surface area contributed by atoms with Crippen LogP contribution in [0.1, 0.15) is 46.5 Å². The second kappa shape index (κ2) is 8.97. The molecule has 0 saturated carbocycles. The number of ether oxygens (including phenoxy) is 2. The summed E-state index contributed by atoms with van der Waals surface area (Å²) >= 11 is 7.24. The molecule has 2 aliphatic heterocycles. The Labute approximate surface area is 180 Å². The van der Waals surface area contributed by atoms with Crippen molar-refractivity contribution in [3.63, 3.8) is 0 Å². The van der Waals surface area contributed by atoms with Gasteiger partial charge in [0.25, 0.3) is 5.91 Å². The van der Waals surface area contributed by atoms with E-state index in [1.807, 2.05) is 4.90 Å². The molecule has 2 saturated heterocycles. The third kappa shape index (κ3) is 4.27. The summed E-state index contributed by atoms with van der Waals surface area (Å²) < 4.78 is 10.6. The summed E-state index contributed by atoms with van der Waals surface area (Å²) in [5, 5.41) is 4.68. The molecule has 1 atom stereocenters. The summed E-state index contributed by atoms with van der Waals surface area (Å²) in [5.74, 6) is -0.207. The van der Waals surface area contributed by atoms with Gasteiger partial charge in [0.1, 0.15) is 11.1 Å². The Morgan fingerprint density at radius 1 is 1.14 bits per heavy atom. The summed E-state index contributed by atoms with van der Waals surface area (Å²) in [4.78, 5) is 30.1. The van der Waals surface area contributed by atoms with Crippen molar-refractivity contribution in [3.05, 3.63) is 16.0 Å². The Morgan fingerprint density at radius 3 is 2.55 bits per heavy atom. The number of rotatable bonds is 3. The third-order valence-corrected chi connectivity index (χ3v) is 7.43. The predicted octanol–water partition coefficient (Wildman–Crippen LogP) is 2.43. The molecule has 9 heteroatoms. The van der Waals surface area contributed by atoms with Crippen molar-refractivity contribution in [2.45, 2.75) is 44.6 Å². The van der Waals surface area contributed by atoms with E-state index in [-0.39, 0.29) is 18.0 Å². The van der Waals surface area contributed by atoms with Crippen molar-refractivity contribution in [1.29, 1.82) is 0 Å². The van der Waals surface area contributed by atoms with Crippen molar-refractivity contribution >= 4 is 45.5 Å². The summed E-state index contributed by atoms with van der Waals surface area (Å²) in [6, 6.07) is 0. The molecule has 0 radical (unpaired) electrons. The van der Waals surface area contributed by atoms with Crippen molar-refractivity contribution in [3.8, 4) is 0 Å². The molecule has 2 fully saturated rings. The Morgan fingerprint density at radius 2 is 1.86 bits per heavy atom. The Bertz CT molecular complexity index is 796. The lowest BCUT2D eigenvalue weighted by Gasteiger charge is -2.37. The molecular weight excluding hydrogens is 410 g/mol. The smallest absolute Gasteiger partial charge is 0.341 e. The van der Waals surface area contributed by atoms with Gasteiger partial charge in [0.05, 0.1) is 12.7 Å². The molecule has 7 nitrogen and oxygen atoms in total. The summed E-state index contributed by atoms with van der Waals surface area (Å²) in [6.07, 6.45) is 5.66. The van der Waals surface area contributed by atoms with Crippen molar-refractivity contribution in [1.82, 2.24) is 9.80 Å². The molecule has 1 amide bonds. The Balaban J connectivity index is 1.39. The van der Waals surface area contributed by atoms with Crippen LogP contribution >= 0.6 is 23.6 Å². The maximum atomic E-state index is 12.5. The maximum absolute atomic E-state index is 12.5. The first kappa shape index (κ1) is 20.6. The van der Waals surface area contributed by atoms with Crippen LogP contribution in [0.4, 0.5) is 5.00 Å². The van der Waals surface area contributed by atoms with Gasteiger partial charge in [0.15, 0.2) is 5.11 Å². The lowest BCUT2D eigenvalue weighted by atomic mass is 9.95. The van der Waals surface area contributed by atoms with E-state index in [0.717, 1.165) is 49.1 Å². The number of amides is 1. The van der Waals surface area contributed by atoms with E-state index in [4.69, 9.17) is 21.7 Å². The average molecular weight is 438 g/mol. The van der Waals surface area contributed by atoms with Crippen LogP contribution < -0.4 is 5.32 Å². The van der Waals surface area contributed by atoms with Gasteiger partial charge in [-0.3, -0.25) is 4.79 Å². The van der Waals surface area contributed by atoms with Gasteiger partial charge in [-0.25, -0.2) is 4.79 Å². The molecule has 1 aromatic rings. The molecule has 1 aliphatic carbocycles. The number of piperazine rings is 1. The van der Waals surface area contributed by atoms with Crippen LogP contribution in [0.15, 0.2) is 0 Å².